The van der Waals surface area contributed by atoms with E-state index in [2.05, 4.69) is 21.2 Å². The summed E-state index contributed by atoms with van der Waals surface area (Å²) in [5, 5.41) is 2.96. The molecule has 2 unspecified atom stereocenters. The van der Waals surface area contributed by atoms with Gasteiger partial charge in [-0.15, -0.1) is 0 Å². The number of nitrogens with one attached hydrogen (secondary N) is 1. The molecule has 2 amide bonds. The zero-order valence-corrected chi connectivity index (χ0v) is 24.1. The largest absolute Gasteiger partial charge is 0.497 e. The van der Waals surface area contributed by atoms with Crippen LogP contribution in [0.4, 0.5) is 5.69 Å². The van der Waals surface area contributed by atoms with Crippen molar-refractivity contribution < 1.29 is 22.7 Å². The lowest BCUT2D eigenvalue weighted by molar-refractivity contribution is -0.140. The summed E-state index contributed by atoms with van der Waals surface area (Å²) in [7, 11) is -2.21. The smallest absolute Gasteiger partial charge is 0.244 e. The summed E-state index contributed by atoms with van der Waals surface area (Å²) < 4.78 is 32.6. The third-order valence-electron chi connectivity index (χ3n) is 6.01. The van der Waals surface area contributed by atoms with Crippen molar-refractivity contribution in [3.63, 3.8) is 0 Å². The van der Waals surface area contributed by atoms with Crippen LogP contribution in [0.25, 0.3) is 0 Å². The van der Waals surface area contributed by atoms with E-state index in [0.717, 1.165) is 32.6 Å². The number of carbonyl (C=O) groups excluding carboxylic acids is 2. The van der Waals surface area contributed by atoms with Gasteiger partial charge in [0.2, 0.25) is 21.8 Å². The summed E-state index contributed by atoms with van der Waals surface area (Å²) in [6, 6.07) is 11.5. The molecule has 36 heavy (non-hydrogen) atoms. The second-order valence-corrected chi connectivity index (χ2v) is 11.6. The molecule has 10 heteroatoms. The van der Waals surface area contributed by atoms with Crippen molar-refractivity contribution in [2.75, 3.05) is 24.2 Å². The number of ether oxygens (including phenoxy) is 1. The first kappa shape index (κ1) is 29.6. The Balaban J connectivity index is 2.45. The van der Waals surface area contributed by atoms with Crippen LogP contribution < -0.4 is 14.4 Å². The molecule has 0 heterocycles. The van der Waals surface area contributed by atoms with Crippen LogP contribution in [-0.2, 0) is 26.2 Å². The molecule has 2 aromatic rings. The van der Waals surface area contributed by atoms with Gasteiger partial charge in [-0.1, -0.05) is 41.9 Å². The first-order chi connectivity index (χ1) is 16.9. The molecule has 0 bridgehead atoms. The summed E-state index contributed by atoms with van der Waals surface area (Å²) in [6.07, 6.45) is 2.19. The number of hydrogen-bond donors (Lipinski definition) is 1. The predicted molar refractivity (Wildman–Crippen MR) is 147 cm³/mol. The third-order valence-corrected chi connectivity index (χ3v) is 8.04. The number of nitrogens with zero attached hydrogens (tertiary/aromatic N) is 2. The Labute approximate surface area is 223 Å². The molecule has 198 valence electrons. The lowest BCUT2D eigenvalue weighted by Crippen LogP contribution is -2.53. The first-order valence-electron chi connectivity index (χ1n) is 11.9. The quantitative estimate of drug-likeness (QED) is 0.404. The molecule has 2 atom stereocenters. The van der Waals surface area contributed by atoms with Gasteiger partial charge >= 0.3 is 0 Å². The minimum absolute atomic E-state index is 0.0530. The molecule has 0 saturated carbocycles. The van der Waals surface area contributed by atoms with Crippen LogP contribution in [0.15, 0.2) is 46.9 Å². The summed E-state index contributed by atoms with van der Waals surface area (Å²) >= 11 is 3.42. The van der Waals surface area contributed by atoms with E-state index < -0.39 is 28.5 Å². The number of hydrogen-bond acceptors (Lipinski definition) is 5. The Hall–Kier alpha value is -2.59. The molecule has 0 aliphatic carbocycles. The van der Waals surface area contributed by atoms with Gasteiger partial charge in [0, 0.05) is 17.1 Å². The minimum atomic E-state index is -3.78. The second kappa shape index (κ2) is 13.1. The maximum absolute atomic E-state index is 13.7. The topological polar surface area (TPSA) is 96.0 Å². The van der Waals surface area contributed by atoms with E-state index in [-0.39, 0.29) is 18.5 Å². The van der Waals surface area contributed by atoms with Gasteiger partial charge in [0.1, 0.15) is 18.3 Å². The van der Waals surface area contributed by atoms with Crippen LogP contribution in [-0.4, -0.2) is 57.1 Å². The Morgan fingerprint density at radius 3 is 2.22 bits per heavy atom. The number of anilines is 1. The fourth-order valence-electron chi connectivity index (χ4n) is 3.69. The van der Waals surface area contributed by atoms with E-state index in [9.17, 15) is 18.0 Å². The lowest BCUT2D eigenvalue weighted by Gasteiger charge is -2.33. The third kappa shape index (κ3) is 7.96. The molecule has 1 N–H and O–H groups in total. The standard InChI is InChI=1S/C26H36BrN3O5S/c1-7-19(4)28-26(32)24(8-2)29(16-20-9-12-22(35-5)13-10-20)25(31)17-30(36(6,33)34)21-11-14-23(27)18(3)15-21/h9-15,19,24H,7-8,16-17H2,1-6H3,(H,28,32). The number of amides is 2. The second-order valence-electron chi connectivity index (χ2n) is 8.81. The molecular formula is C26H36BrN3O5S. The van der Waals surface area contributed by atoms with E-state index >= 15 is 0 Å². The number of rotatable bonds is 12. The summed E-state index contributed by atoms with van der Waals surface area (Å²) in [6.45, 7) is 7.27. The van der Waals surface area contributed by atoms with Crippen LogP contribution in [0.1, 0.15) is 44.7 Å². The van der Waals surface area contributed by atoms with Gasteiger partial charge in [-0.25, -0.2) is 8.42 Å². The number of sulfonamides is 1. The highest BCUT2D eigenvalue weighted by atomic mass is 79.9. The molecular weight excluding hydrogens is 546 g/mol. The number of benzene rings is 2. The summed E-state index contributed by atoms with van der Waals surface area (Å²) in [5.41, 5.74) is 2.01. The molecule has 0 radical (unpaired) electrons. The predicted octanol–water partition coefficient (Wildman–Crippen LogP) is 4.25. The van der Waals surface area contributed by atoms with E-state index in [1.54, 1.807) is 37.4 Å². The monoisotopic (exact) mass is 581 g/mol. The molecule has 0 aliphatic rings. The Bertz CT molecular complexity index is 1150. The minimum Gasteiger partial charge on any atom is -0.497 e. The highest BCUT2D eigenvalue weighted by Crippen LogP contribution is 2.25. The molecule has 0 aliphatic heterocycles. The number of aryl methyl sites for hydroxylation is 1. The molecule has 0 fully saturated rings. The van der Waals surface area contributed by atoms with Gasteiger partial charge < -0.3 is 15.0 Å². The highest BCUT2D eigenvalue weighted by molar-refractivity contribution is 9.10. The normalized spacial score (nSPS) is 13.0. The first-order valence-corrected chi connectivity index (χ1v) is 14.5. The van der Waals surface area contributed by atoms with Gasteiger partial charge in [-0.2, -0.15) is 0 Å². The van der Waals surface area contributed by atoms with Crippen molar-refractivity contribution in [3.05, 3.63) is 58.1 Å². The van der Waals surface area contributed by atoms with Crippen molar-refractivity contribution in [1.29, 1.82) is 0 Å². The Morgan fingerprint density at radius 2 is 1.72 bits per heavy atom. The summed E-state index contributed by atoms with van der Waals surface area (Å²) in [5.74, 6) is -0.0610. The lowest BCUT2D eigenvalue weighted by atomic mass is 10.1. The van der Waals surface area contributed by atoms with E-state index in [1.165, 1.54) is 4.90 Å². The van der Waals surface area contributed by atoms with Gasteiger partial charge in [0.25, 0.3) is 0 Å². The van der Waals surface area contributed by atoms with Crippen LogP contribution in [0, 0.1) is 6.92 Å². The van der Waals surface area contributed by atoms with Gasteiger partial charge in [-0.3, -0.25) is 13.9 Å². The van der Waals surface area contributed by atoms with Crippen molar-refractivity contribution in [2.24, 2.45) is 0 Å². The molecule has 0 spiro atoms. The SMILES string of the molecule is CCC(C)NC(=O)C(CC)N(Cc1ccc(OC)cc1)C(=O)CN(c1ccc(Br)c(C)c1)S(C)(=O)=O. The van der Waals surface area contributed by atoms with Crippen molar-refractivity contribution in [3.8, 4) is 5.75 Å². The molecule has 0 aromatic heterocycles. The van der Waals surface area contributed by atoms with Crippen molar-refractivity contribution >= 4 is 43.5 Å². The van der Waals surface area contributed by atoms with E-state index in [1.807, 2.05) is 39.8 Å². The van der Waals surface area contributed by atoms with Crippen LogP contribution in [0.5, 0.6) is 5.75 Å². The van der Waals surface area contributed by atoms with Crippen molar-refractivity contribution in [2.45, 2.75) is 59.2 Å². The molecule has 2 aromatic carbocycles. The average Bonchev–Trinajstić information content (AvgIpc) is 2.83. The summed E-state index contributed by atoms with van der Waals surface area (Å²) in [4.78, 5) is 28.3. The molecule has 2 rings (SSSR count). The number of methoxy groups -OCH3 is 1. The molecule has 0 saturated heterocycles. The highest BCUT2D eigenvalue weighted by Gasteiger charge is 2.32. The van der Waals surface area contributed by atoms with E-state index in [4.69, 9.17) is 4.74 Å². The Morgan fingerprint density at radius 1 is 1.08 bits per heavy atom. The zero-order valence-electron chi connectivity index (χ0n) is 21.7. The number of carbonyl (C=O) groups is 2. The maximum Gasteiger partial charge on any atom is 0.244 e. The van der Waals surface area contributed by atoms with Crippen LogP contribution >= 0.6 is 15.9 Å². The van der Waals surface area contributed by atoms with E-state index in [0.29, 0.717) is 17.9 Å². The Kier molecular flexibility index (Phi) is 10.8. The zero-order chi connectivity index (χ0) is 27.0. The fourth-order valence-corrected chi connectivity index (χ4v) is 4.77. The van der Waals surface area contributed by atoms with Crippen LogP contribution in [0.2, 0.25) is 0 Å². The maximum atomic E-state index is 13.7. The van der Waals surface area contributed by atoms with Crippen molar-refractivity contribution in [1.82, 2.24) is 10.2 Å². The van der Waals surface area contributed by atoms with Gasteiger partial charge in [0.15, 0.2) is 0 Å². The average molecular weight is 583 g/mol. The van der Waals surface area contributed by atoms with Crippen LogP contribution in [0.3, 0.4) is 0 Å². The van der Waals surface area contributed by atoms with Gasteiger partial charge in [-0.05, 0) is 68.1 Å². The fraction of sp³-hybridized carbons (Fsp3) is 0.462. The van der Waals surface area contributed by atoms with Gasteiger partial charge in [0.05, 0.1) is 19.1 Å². The number of halogens is 1. The molecule has 8 nitrogen and oxygen atoms in total.